The van der Waals surface area contributed by atoms with Crippen LogP contribution in [-0.2, 0) is 20.9 Å². The number of nitrogens with zero attached hydrogens (tertiary/aromatic N) is 1. The third kappa shape index (κ3) is 3.15. The van der Waals surface area contributed by atoms with Crippen LogP contribution in [0.3, 0.4) is 0 Å². The molecule has 0 radical (unpaired) electrons. The molecule has 1 aliphatic rings. The number of ketones is 1. The summed E-state index contributed by atoms with van der Waals surface area (Å²) in [6.45, 7) is 3.88. The summed E-state index contributed by atoms with van der Waals surface area (Å²) in [5, 5.41) is 1.11. The van der Waals surface area contributed by atoms with E-state index in [1.54, 1.807) is 13.8 Å². The Kier molecular flexibility index (Phi) is 4.70. The van der Waals surface area contributed by atoms with E-state index in [4.69, 9.17) is 9.47 Å². The second-order valence-electron chi connectivity index (χ2n) is 4.47. The van der Waals surface area contributed by atoms with E-state index in [-0.39, 0.29) is 19.0 Å². The van der Waals surface area contributed by atoms with Crippen molar-refractivity contribution < 1.29 is 19.1 Å². The molecule has 0 bridgehead atoms. The molecule has 1 aromatic carbocycles. The van der Waals surface area contributed by atoms with Gasteiger partial charge in [0.2, 0.25) is 12.0 Å². The number of nitrogens with one attached hydrogen (secondary N) is 1. The fourth-order valence-corrected chi connectivity index (χ4v) is 1.93. The molecule has 0 aromatic heterocycles. The Balaban J connectivity index is 2.02. The Morgan fingerprint density at radius 2 is 2.05 bits per heavy atom. The number of Topliss-reactive ketones (excluding diaryl/α,β-unsaturated/α-hetero) is 1. The molecule has 0 aliphatic carbocycles. The van der Waals surface area contributed by atoms with E-state index < -0.39 is 18.4 Å². The van der Waals surface area contributed by atoms with Gasteiger partial charge in [-0.25, -0.2) is 15.2 Å². The van der Waals surface area contributed by atoms with E-state index in [9.17, 15) is 9.59 Å². The highest BCUT2D eigenvalue weighted by Crippen LogP contribution is 2.15. The lowest BCUT2D eigenvalue weighted by atomic mass is 10.2. The SMILES string of the molecule is CCOC(=O)N1NC(C)C(=O)C1OCc1ccccc1. The normalized spacial score (nSPS) is 22.1. The largest absolute Gasteiger partial charge is 0.449 e. The van der Waals surface area contributed by atoms with Crippen molar-refractivity contribution >= 4 is 11.9 Å². The molecule has 6 heteroatoms. The van der Waals surface area contributed by atoms with Crippen molar-refractivity contribution in [1.29, 1.82) is 0 Å². The first-order valence-electron chi connectivity index (χ1n) is 6.55. The van der Waals surface area contributed by atoms with Crippen LogP contribution in [0.2, 0.25) is 0 Å². The Bertz CT molecular complexity index is 477. The van der Waals surface area contributed by atoms with Gasteiger partial charge < -0.3 is 9.47 Å². The molecule has 1 fully saturated rings. The van der Waals surface area contributed by atoms with Gasteiger partial charge in [0.15, 0.2) is 0 Å². The monoisotopic (exact) mass is 278 g/mol. The molecule has 1 heterocycles. The summed E-state index contributed by atoms with van der Waals surface area (Å²) >= 11 is 0. The zero-order valence-corrected chi connectivity index (χ0v) is 11.5. The van der Waals surface area contributed by atoms with Crippen LogP contribution in [-0.4, -0.2) is 35.8 Å². The maximum Gasteiger partial charge on any atom is 0.427 e. The quantitative estimate of drug-likeness (QED) is 0.903. The van der Waals surface area contributed by atoms with Gasteiger partial charge in [-0.2, -0.15) is 0 Å². The maximum atomic E-state index is 12.0. The number of hydrazine groups is 1. The van der Waals surface area contributed by atoms with Crippen LogP contribution >= 0.6 is 0 Å². The van der Waals surface area contributed by atoms with E-state index in [0.717, 1.165) is 10.6 Å². The van der Waals surface area contributed by atoms with E-state index in [1.807, 2.05) is 30.3 Å². The van der Waals surface area contributed by atoms with Crippen molar-refractivity contribution in [3.63, 3.8) is 0 Å². The first-order chi connectivity index (χ1) is 9.63. The molecule has 6 nitrogen and oxygen atoms in total. The highest BCUT2D eigenvalue weighted by atomic mass is 16.6. The second kappa shape index (κ2) is 6.49. The van der Waals surface area contributed by atoms with Gasteiger partial charge >= 0.3 is 6.09 Å². The summed E-state index contributed by atoms with van der Waals surface area (Å²) < 4.78 is 10.5. The fraction of sp³-hybridized carbons (Fsp3) is 0.429. The lowest BCUT2D eigenvalue weighted by molar-refractivity contribution is -0.136. The van der Waals surface area contributed by atoms with E-state index in [2.05, 4.69) is 5.43 Å². The van der Waals surface area contributed by atoms with Gasteiger partial charge in [0, 0.05) is 0 Å². The molecular weight excluding hydrogens is 260 g/mol. The number of carbonyl (C=O) groups is 2. The summed E-state index contributed by atoms with van der Waals surface area (Å²) in [6.07, 6.45) is -1.56. The Labute approximate surface area is 117 Å². The van der Waals surface area contributed by atoms with Gasteiger partial charge in [-0.05, 0) is 19.4 Å². The van der Waals surface area contributed by atoms with Crippen LogP contribution in [0.4, 0.5) is 4.79 Å². The molecular formula is C14H18N2O4. The predicted molar refractivity (Wildman–Crippen MR) is 71.5 cm³/mol. The molecule has 2 rings (SSSR count). The van der Waals surface area contributed by atoms with E-state index in [1.165, 1.54) is 0 Å². The number of amides is 1. The topological polar surface area (TPSA) is 67.9 Å². The molecule has 0 spiro atoms. The molecule has 0 saturated carbocycles. The number of ether oxygens (including phenoxy) is 2. The van der Waals surface area contributed by atoms with Crippen LogP contribution < -0.4 is 5.43 Å². The Morgan fingerprint density at radius 3 is 2.70 bits per heavy atom. The number of rotatable bonds is 4. The van der Waals surface area contributed by atoms with Crippen molar-refractivity contribution in [3.8, 4) is 0 Å². The van der Waals surface area contributed by atoms with Crippen molar-refractivity contribution in [2.45, 2.75) is 32.7 Å². The third-order valence-corrected chi connectivity index (χ3v) is 2.95. The predicted octanol–water partition coefficient (Wildman–Crippen LogP) is 1.46. The molecule has 1 N–H and O–H groups in total. The molecule has 2 unspecified atom stereocenters. The zero-order valence-electron chi connectivity index (χ0n) is 11.5. The van der Waals surface area contributed by atoms with Crippen LogP contribution in [0.5, 0.6) is 0 Å². The third-order valence-electron chi connectivity index (χ3n) is 2.95. The highest BCUT2D eigenvalue weighted by Gasteiger charge is 2.42. The Morgan fingerprint density at radius 1 is 1.35 bits per heavy atom. The molecule has 108 valence electrons. The van der Waals surface area contributed by atoms with E-state index >= 15 is 0 Å². The van der Waals surface area contributed by atoms with E-state index in [0.29, 0.717) is 0 Å². The molecule has 20 heavy (non-hydrogen) atoms. The van der Waals surface area contributed by atoms with Crippen LogP contribution in [0.1, 0.15) is 19.4 Å². The summed E-state index contributed by atoms with van der Waals surface area (Å²) in [5.74, 6) is -0.186. The van der Waals surface area contributed by atoms with Crippen molar-refractivity contribution in [3.05, 3.63) is 35.9 Å². The zero-order chi connectivity index (χ0) is 14.5. The van der Waals surface area contributed by atoms with Crippen LogP contribution in [0.25, 0.3) is 0 Å². The van der Waals surface area contributed by atoms with Gasteiger partial charge in [-0.15, -0.1) is 0 Å². The number of carbonyl (C=O) groups excluding carboxylic acids is 2. The number of hydrogen-bond acceptors (Lipinski definition) is 5. The molecule has 2 atom stereocenters. The summed E-state index contributed by atoms with van der Waals surface area (Å²) in [5.41, 5.74) is 3.69. The summed E-state index contributed by atoms with van der Waals surface area (Å²) in [7, 11) is 0. The lowest BCUT2D eigenvalue weighted by Crippen LogP contribution is -2.45. The summed E-state index contributed by atoms with van der Waals surface area (Å²) in [4.78, 5) is 23.8. The molecule has 1 saturated heterocycles. The van der Waals surface area contributed by atoms with Gasteiger partial charge in [0.25, 0.3) is 0 Å². The van der Waals surface area contributed by atoms with Crippen LogP contribution in [0.15, 0.2) is 30.3 Å². The Hall–Kier alpha value is -1.92. The highest BCUT2D eigenvalue weighted by molar-refractivity contribution is 5.92. The summed E-state index contributed by atoms with van der Waals surface area (Å²) in [6, 6.07) is 8.99. The maximum absolute atomic E-state index is 12.0. The second-order valence-corrected chi connectivity index (χ2v) is 4.47. The minimum Gasteiger partial charge on any atom is -0.449 e. The fourth-order valence-electron chi connectivity index (χ4n) is 1.93. The van der Waals surface area contributed by atoms with Gasteiger partial charge in [0.05, 0.1) is 19.3 Å². The van der Waals surface area contributed by atoms with Crippen molar-refractivity contribution in [2.24, 2.45) is 0 Å². The van der Waals surface area contributed by atoms with Gasteiger partial charge in [0.1, 0.15) is 0 Å². The number of benzene rings is 1. The van der Waals surface area contributed by atoms with Crippen molar-refractivity contribution in [2.75, 3.05) is 6.61 Å². The first kappa shape index (κ1) is 14.5. The molecule has 1 aliphatic heterocycles. The minimum absolute atomic E-state index is 0.186. The van der Waals surface area contributed by atoms with Crippen LogP contribution in [0, 0.1) is 0 Å². The van der Waals surface area contributed by atoms with Crippen molar-refractivity contribution in [1.82, 2.24) is 10.4 Å². The van der Waals surface area contributed by atoms with Gasteiger partial charge in [-0.3, -0.25) is 4.79 Å². The molecule has 1 amide bonds. The minimum atomic E-state index is -0.954. The average molecular weight is 278 g/mol. The van der Waals surface area contributed by atoms with Gasteiger partial charge in [-0.1, -0.05) is 30.3 Å². The molecule has 1 aromatic rings. The lowest BCUT2D eigenvalue weighted by Gasteiger charge is -2.22. The smallest absolute Gasteiger partial charge is 0.427 e. The first-order valence-corrected chi connectivity index (χ1v) is 6.55. The number of hydrogen-bond donors (Lipinski definition) is 1. The average Bonchev–Trinajstić information content (AvgIpc) is 2.74. The standard InChI is InChI=1S/C14H18N2O4/c1-3-19-14(18)16-13(12(17)10(2)15-16)20-9-11-7-5-4-6-8-11/h4-8,10,13,15H,3,9H2,1-2H3.